The van der Waals surface area contributed by atoms with Gasteiger partial charge in [0.25, 0.3) is 0 Å². The molecule has 0 N–H and O–H groups in total. The van der Waals surface area contributed by atoms with Gasteiger partial charge in [0.05, 0.1) is 33.0 Å². The summed E-state index contributed by atoms with van der Waals surface area (Å²) in [6.45, 7) is 1.35. The normalized spacial score (nSPS) is 22.7. The fourth-order valence-corrected chi connectivity index (χ4v) is 4.73. The van der Waals surface area contributed by atoms with E-state index < -0.39 is 30.8 Å². The van der Waals surface area contributed by atoms with Crippen LogP contribution in [0.3, 0.4) is 0 Å². The minimum Gasteiger partial charge on any atom is -0.374 e. The maximum Gasteiger partial charge on any atom is 0.228 e. The van der Waals surface area contributed by atoms with Crippen molar-refractivity contribution < 1.29 is 28.1 Å². The fourth-order valence-electron chi connectivity index (χ4n) is 4.73. The Kier molecular flexibility index (Phi) is 10.4. The summed E-state index contributed by atoms with van der Waals surface area (Å²) >= 11 is 0. The van der Waals surface area contributed by atoms with Crippen LogP contribution in [0.25, 0.3) is 0 Å². The van der Waals surface area contributed by atoms with E-state index in [2.05, 4.69) is 0 Å². The van der Waals surface area contributed by atoms with Crippen molar-refractivity contribution in [3.63, 3.8) is 0 Å². The molecule has 0 bridgehead atoms. The molecule has 3 unspecified atom stereocenters. The summed E-state index contributed by atoms with van der Waals surface area (Å²) in [6.07, 6.45) is -4.77. The zero-order chi connectivity index (χ0) is 27.4. The van der Waals surface area contributed by atoms with Gasteiger partial charge in [0.15, 0.2) is 0 Å². The average Bonchev–Trinajstić information content (AvgIpc) is 3.01. The Balaban J connectivity index is 1.36. The van der Waals surface area contributed by atoms with Gasteiger partial charge in [-0.15, -0.1) is 0 Å². The molecule has 1 saturated heterocycles. The van der Waals surface area contributed by atoms with E-state index >= 15 is 4.39 Å². The minimum absolute atomic E-state index is 0.144. The van der Waals surface area contributed by atoms with Crippen LogP contribution in [0.4, 0.5) is 4.39 Å². The van der Waals surface area contributed by atoms with Gasteiger partial charge in [0.2, 0.25) is 6.36 Å². The Labute approximate surface area is 235 Å². The molecular formula is C34H35FO5. The molecule has 0 aromatic heterocycles. The van der Waals surface area contributed by atoms with Crippen LogP contribution < -0.4 is 0 Å². The highest BCUT2D eigenvalue weighted by atomic mass is 19.1. The smallest absolute Gasteiger partial charge is 0.228 e. The molecular weight excluding hydrogens is 507 g/mol. The maximum absolute atomic E-state index is 15.7. The van der Waals surface area contributed by atoms with Crippen molar-refractivity contribution in [2.24, 2.45) is 0 Å². The van der Waals surface area contributed by atoms with Crippen LogP contribution in [0, 0.1) is 0 Å². The van der Waals surface area contributed by atoms with Gasteiger partial charge >= 0.3 is 0 Å². The van der Waals surface area contributed by atoms with Crippen molar-refractivity contribution in [1.29, 1.82) is 0 Å². The van der Waals surface area contributed by atoms with E-state index in [1.54, 1.807) is 0 Å². The van der Waals surface area contributed by atoms with Gasteiger partial charge in [-0.3, -0.25) is 0 Å². The van der Waals surface area contributed by atoms with E-state index in [1.807, 2.05) is 121 Å². The quantitative estimate of drug-likeness (QED) is 0.189. The number of alkyl halides is 1. The van der Waals surface area contributed by atoms with E-state index in [-0.39, 0.29) is 19.8 Å². The van der Waals surface area contributed by atoms with E-state index in [0.717, 1.165) is 22.3 Å². The van der Waals surface area contributed by atoms with Crippen LogP contribution in [0.1, 0.15) is 22.3 Å². The van der Waals surface area contributed by atoms with Crippen LogP contribution in [0.2, 0.25) is 0 Å². The molecule has 4 aromatic rings. The van der Waals surface area contributed by atoms with Gasteiger partial charge in [-0.1, -0.05) is 121 Å². The van der Waals surface area contributed by atoms with Gasteiger partial charge < -0.3 is 23.7 Å². The summed E-state index contributed by atoms with van der Waals surface area (Å²) in [5, 5.41) is 0. The van der Waals surface area contributed by atoms with E-state index in [0.29, 0.717) is 13.2 Å². The van der Waals surface area contributed by atoms with E-state index in [9.17, 15) is 0 Å². The molecule has 5 atom stereocenters. The SMILES string of the molecule is FC1OC(COCc2ccccc2)[C@H](OCc2ccccc2)[C@H](OCc2ccccc2)C1OCc1ccccc1. The van der Waals surface area contributed by atoms with Gasteiger partial charge in [-0.25, -0.2) is 4.39 Å². The number of rotatable bonds is 13. The molecule has 0 saturated carbocycles. The molecule has 1 aliphatic rings. The van der Waals surface area contributed by atoms with Crippen molar-refractivity contribution >= 4 is 0 Å². The van der Waals surface area contributed by atoms with Gasteiger partial charge in [-0.05, 0) is 22.3 Å². The second-order valence-electron chi connectivity index (χ2n) is 9.81. The molecule has 0 amide bonds. The molecule has 1 heterocycles. The molecule has 4 aromatic carbocycles. The number of ether oxygens (including phenoxy) is 5. The third-order valence-corrected chi connectivity index (χ3v) is 6.83. The third-order valence-electron chi connectivity index (χ3n) is 6.83. The largest absolute Gasteiger partial charge is 0.374 e. The first-order valence-electron chi connectivity index (χ1n) is 13.6. The predicted molar refractivity (Wildman–Crippen MR) is 151 cm³/mol. The third kappa shape index (κ3) is 8.07. The topological polar surface area (TPSA) is 46.2 Å². The molecule has 0 radical (unpaired) electrons. The highest BCUT2D eigenvalue weighted by Gasteiger charge is 2.48. The molecule has 208 valence electrons. The first-order chi connectivity index (χ1) is 19.8. The Bertz CT molecular complexity index is 1240. The molecule has 5 rings (SSSR count). The Morgan fingerprint density at radius 2 is 0.850 bits per heavy atom. The van der Waals surface area contributed by atoms with Gasteiger partial charge in [0, 0.05) is 0 Å². The molecule has 0 spiro atoms. The molecule has 1 aliphatic heterocycles. The lowest BCUT2D eigenvalue weighted by molar-refractivity contribution is -0.298. The predicted octanol–water partition coefficient (Wildman–Crippen LogP) is 6.65. The second kappa shape index (κ2) is 14.8. The van der Waals surface area contributed by atoms with Crippen molar-refractivity contribution in [2.45, 2.75) is 57.2 Å². The Hall–Kier alpha value is -3.39. The maximum atomic E-state index is 15.7. The highest BCUT2D eigenvalue weighted by molar-refractivity contribution is 5.16. The standard InChI is InChI=1S/C34H35FO5/c35-34-33(39-24-29-19-11-4-12-20-29)32(38-23-28-17-9-3-10-18-28)31(37-22-27-15-7-2-8-16-27)30(40-34)25-36-21-26-13-5-1-6-14-26/h1-20,30-34H,21-25H2/t30?,31-,32-,33?,34?/m0/s1. The Morgan fingerprint density at radius 3 is 1.30 bits per heavy atom. The van der Waals surface area contributed by atoms with Crippen molar-refractivity contribution in [3.05, 3.63) is 144 Å². The second-order valence-corrected chi connectivity index (χ2v) is 9.81. The zero-order valence-corrected chi connectivity index (χ0v) is 22.4. The summed E-state index contributed by atoms with van der Waals surface area (Å²) in [6, 6.07) is 39.2. The summed E-state index contributed by atoms with van der Waals surface area (Å²) < 4.78 is 46.6. The van der Waals surface area contributed by atoms with Crippen LogP contribution in [-0.4, -0.2) is 37.4 Å². The summed E-state index contributed by atoms with van der Waals surface area (Å²) in [5.41, 5.74) is 3.94. The van der Waals surface area contributed by atoms with E-state index in [1.165, 1.54) is 0 Å². The molecule has 6 heteroatoms. The number of benzene rings is 4. The summed E-state index contributed by atoms with van der Waals surface area (Å²) in [5.74, 6) is 0. The first-order valence-corrected chi connectivity index (χ1v) is 13.6. The molecule has 5 nitrogen and oxygen atoms in total. The van der Waals surface area contributed by atoms with Crippen LogP contribution >= 0.6 is 0 Å². The fraction of sp³-hybridized carbons (Fsp3) is 0.294. The Morgan fingerprint density at radius 1 is 0.475 bits per heavy atom. The summed E-state index contributed by atoms with van der Waals surface area (Å²) in [7, 11) is 0. The minimum atomic E-state index is -1.72. The molecule has 0 aliphatic carbocycles. The van der Waals surface area contributed by atoms with Crippen LogP contribution in [0.5, 0.6) is 0 Å². The number of hydrogen-bond donors (Lipinski definition) is 0. The lowest BCUT2D eigenvalue weighted by Gasteiger charge is -2.43. The molecule has 1 fully saturated rings. The van der Waals surface area contributed by atoms with Crippen LogP contribution in [0.15, 0.2) is 121 Å². The van der Waals surface area contributed by atoms with Crippen molar-refractivity contribution in [1.82, 2.24) is 0 Å². The van der Waals surface area contributed by atoms with Gasteiger partial charge in [-0.2, -0.15) is 0 Å². The van der Waals surface area contributed by atoms with Crippen LogP contribution in [-0.2, 0) is 50.1 Å². The summed E-state index contributed by atoms with van der Waals surface area (Å²) in [4.78, 5) is 0. The number of hydrogen-bond acceptors (Lipinski definition) is 5. The monoisotopic (exact) mass is 542 g/mol. The zero-order valence-electron chi connectivity index (χ0n) is 22.4. The lowest BCUT2D eigenvalue weighted by Crippen LogP contribution is -2.60. The van der Waals surface area contributed by atoms with Crippen molar-refractivity contribution in [2.75, 3.05) is 6.61 Å². The van der Waals surface area contributed by atoms with Crippen molar-refractivity contribution in [3.8, 4) is 0 Å². The number of halogens is 1. The van der Waals surface area contributed by atoms with E-state index in [4.69, 9.17) is 23.7 Å². The average molecular weight is 543 g/mol. The molecule has 40 heavy (non-hydrogen) atoms. The lowest BCUT2D eigenvalue weighted by atomic mass is 9.98. The van der Waals surface area contributed by atoms with Gasteiger partial charge in [0.1, 0.15) is 24.4 Å². The highest BCUT2D eigenvalue weighted by Crippen LogP contribution is 2.31. The first kappa shape index (κ1) is 28.1.